The van der Waals surface area contributed by atoms with E-state index in [9.17, 15) is 10.0 Å². The van der Waals surface area contributed by atoms with Crippen molar-refractivity contribution in [2.45, 2.75) is 83.2 Å². The summed E-state index contributed by atoms with van der Waals surface area (Å²) in [6, 6.07) is 24.2. The first kappa shape index (κ1) is 27.9. The summed E-state index contributed by atoms with van der Waals surface area (Å²) in [5.41, 5.74) is 1.10. The molecular weight excluding hydrogens is 474 g/mol. The summed E-state index contributed by atoms with van der Waals surface area (Å²) in [6.07, 6.45) is 8.90. The minimum Gasteiger partial charge on any atom is -0.494 e. The smallest absolute Gasteiger partial charge is 0.343 e. The van der Waals surface area contributed by atoms with Crippen LogP contribution < -0.4 is 9.47 Å². The summed E-state index contributed by atoms with van der Waals surface area (Å²) in [5.74, 6) is 0.911. The molecule has 2 atom stereocenters. The van der Waals surface area contributed by atoms with E-state index in [1.54, 1.807) is 36.4 Å². The molecule has 38 heavy (non-hydrogen) atoms. The molecule has 1 radical (unpaired) electrons. The van der Waals surface area contributed by atoms with E-state index in [-0.39, 0.29) is 0 Å². The Bertz CT molecular complexity index is 1160. The molecular formula is C33H40NO4. The fourth-order valence-electron chi connectivity index (χ4n) is 5.36. The molecule has 0 aromatic heterocycles. The van der Waals surface area contributed by atoms with E-state index in [1.807, 2.05) is 56.3 Å². The van der Waals surface area contributed by atoms with Gasteiger partial charge in [-0.3, -0.25) is 0 Å². The molecule has 5 heteroatoms. The fourth-order valence-corrected chi connectivity index (χ4v) is 5.36. The zero-order valence-electron chi connectivity index (χ0n) is 22.9. The van der Waals surface area contributed by atoms with Crippen molar-refractivity contribution in [2.75, 3.05) is 6.61 Å². The second kappa shape index (κ2) is 12.6. The predicted molar refractivity (Wildman–Crippen MR) is 150 cm³/mol. The molecule has 0 N–H and O–H groups in total. The average Bonchev–Trinajstić information content (AvgIpc) is 3.19. The van der Waals surface area contributed by atoms with Crippen molar-refractivity contribution in [3.05, 3.63) is 95.6 Å². The van der Waals surface area contributed by atoms with Crippen LogP contribution in [-0.4, -0.2) is 17.6 Å². The third-order valence-electron chi connectivity index (χ3n) is 7.93. The molecule has 0 bridgehead atoms. The minimum absolute atomic E-state index is 0.400. The highest BCUT2D eigenvalue weighted by Crippen LogP contribution is 2.51. The van der Waals surface area contributed by atoms with E-state index in [0.717, 1.165) is 42.7 Å². The lowest BCUT2D eigenvalue weighted by molar-refractivity contribution is -0.260. The maximum Gasteiger partial charge on any atom is 0.343 e. The van der Waals surface area contributed by atoms with Crippen LogP contribution in [0.25, 0.3) is 0 Å². The SMILES string of the molecule is CCCCCCCCOc1ccc([C@]2(C)CC[C@@](C)(c3ccc(OC(=O)c4ccccc4)cc3)N2[O])cc1. The van der Waals surface area contributed by atoms with Crippen LogP contribution in [0.1, 0.15) is 93.6 Å². The Morgan fingerprint density at radius 3 is 1.84 bits per heavy atom. The van der Waals surface area contributed by atoms with Gasteiger partial charge < -0.3 is 9.47 Å². The Hall–Kier alpha value is -3.15. The van der Waals surface area contributed by atoms with Gasteiger partial charge in [0, 0.05) is 0 Å². The van der Waals surface area contributed by atoms with Crippen LogP contribution in [-0.2, 0) is 16.3 Å². The Morgan fingerprint density at radius 2 is 1.26 bits per heavy atom. The number of esters is 1. The van der Waals surface area contributed by atoms with Gasteiger partial charge in [-0.25, -0.2) is 4.79 Å². The van der Waals surface area contributed by atoms with Crippen LogP contribution in [0.2, 0.25) is 0 Å². The van der Waals surface area contributed by atoms with Crippen LogP contribution in [0.4, 0.5) is 0 Å². The number of benzene rings is 3. The highest BCUT2D eigenvalue weighted by Gasteiger charge is 2.52. The number of rotatable bonds is 12. The van der Waals surface area contributed by atoms with E-state index >= 15 is 0 Å². The molecule has 1 aliphatic heterocycles. The molecule has 0 spiro atoms. The number of nitrogens with zero attached hydrogens (tertiary/aromatic N) is 1. The van der Waals surface area contributed by atoms with Gasteiger partial charge >= 0.3 is 5.97 Å². The van der Waals surface area contributed by atoms with Gasteiger partial charge in [-0.2, -0.15) is 0 Å². The van der Waals surface area contributed by atoms with E-state index in [2.05, 4.69) is 6.92 Å². The number of carbonyl (C=O) groups is 1. The van der Waals surface area contributed by atoms with Crippen LogP contribution in [0, 0.1) is 0 Å². The molecule has 4 rings (SSSR count). The maximum atomic E-state index is 13.8. The van der Waals surface area contributed by atoms with Crippen molar-refractivity contribution in [3.63, 3.8) is 0 Å². The standard InChI is InChI=1S/C33H40NO4/c1-4-5-6-7-8-12-25-37-29-19-15-27(16-20-29)32(2)23-24-33(3,34(32)36)28-17-21-30(22-18-28)38-31(35)26-13-10-9-11-14-26/h9-11,13-22H,4-8,12,23-25H2,1-3H3/t32-,33-/m0/s1. The number of hydrogen-bond donors (Lipinski definition) is 0. The quantitative estimate of drug-likeness (QED) is 0.139. The zero-order chi connectivity index (χ0) is 27.0. The Kier molecular flexibility index (Phi) is 9.24. The molecule has 1 saturated heterocycles. The van der Waals surface area contributed by atoms with Crippen molar-refractivity contribution in [1.82, 2.24) is 5.06 Å². The van der Waals surface area contributed by atoms with Crippen LogP contribution in [0.3, 0.4) is 0 Å². The van der Waals surface area contributed by atoms with Gasteiger partial charge in [0.15, 0.2) is 0 Å². The second-order valence-electron chi connectivity index (χ2n) is 10.8. The van der Waals surface area contributed by atoms with Crippen LogP contribution in [0.15, 0.2) is 78.9 Å². The molecule has 5 nitrogen and oxygen atoms in total. The zero-order valence-corrected chi connectivity index (χ0v) is 22.9. The normalized spacial score (nSPS) is 21.4. The highest BCUT2D eigenvalue weighted by atomic mass is 16.5. The number of unbranched alkanes of at least 4 members (excludes halogenated alkanes) is 5. The van der Waals surface area contributed by atoms with E-state index < -0.39 is 17.0 Å². The average molecular weight is 515 g/mol. The van der Waals surface area contributed by atoms with Gasteiger partial charge in [0.25, 0.3) is 0 Å². The van der Waals surface area contributed by atoms with Crippen molar-refractivity contribution in [2.24, 2.45) is 0 Å². The van der Waals surface area contributed by atoms with Crippen molar-refractivity contribution >= 4 is 5.97 Å². The second-order valence-corrected chi connectivity index (χ2v) is 10.8. The van der Waals surface area contributed by atoms with E-state index in [1.165, 1.54) is 37.2 Å². The summed E-state index contributed by atoms with van der Waals surface area (Å²) in [7, 11) is 0. The lowest BCUT2D eigenvalue weighted by atomic mass is 9.89. The molecule has 0 aliphatic carbocycles. The van der Waals surface area contributed by atoms with Gasteiger partial charge in [-0.15, -0.1) is 10.3 Å². The van der Waals surface area contributed by atoms with E-state index in [0.29, 0.717) is 11.3 Å². The third kappa shape index (κ3) is 6.28. The molecule has 1 heterocycles. The van der Waals surface area contributed by atoms with Crippen LogP contribution in [0.5, 0.6) is 11.5 Å². The number of hydrogen-bond acceptors (Lipinski definition) is 4. The van der Waals surface area contributed by atoms with Gasteiger partial charge in [0.2, 0.25) is 0 Å². The fraction of sp³-hybridized carbons (Fsp3) is 0.424. The highest BCUT2D eigenvalue weighted by molar-refractivity contribution is 5.90. The summed E-state index contributed by atoms with van der Waals surface area (Å²) in [6.45, 7) is 6.98. The Balaban J connectivity index is 1.36. The first-order chi connectivity index (χ1) is 18.4. The summed E-state index contributed by atoms with van der Waals surface area (Å²) >= 11 is 0. The molecule has 0 unspecified atom stereocenters. The minimum atomic E-state index is -0.677. The van der Waals surface area contributed by atoms with Crippen molar-refractivity contribution in [3.8, 4) is 11.5 Å². The van der Waals surface area contributed by atoms with Gasteiger partial charge in [0.1, 0.15) is 11.5 Å². The van der Waals surface area contributed by atoms with Gasteiger partial charge in [-0.1, -0.05) is 81.5 Å². The molecule has 201 valence electrons. The molecule has 1 fully saturated rings. The van der Waals surface area contributed by atoms with Gasteiger partial charge in [-0.05, 0) is 80.6 Å². The lowest BCUT2D eigenvalue weighted by Crippen LogP contribution is -2.44. The summed E-state index contributed by atoms with van der Waals surface area (Å²) in [5, 5.41) is 15.0. The monoisotopic (exact) mass is 514 g/mol. The predicted octanol–water partition coefficient (Wildman–Crippen LogP) is 8.22. The summed E-state index contributed by atoms with van der Waals surface area (Å²) < 4.78 is 11.5. The maximum absolute atomic E-state index is 13.8. The molecule has 0 amide bonds. The largest absolute Gasteiger partial charge is 0.494 e. The number of carbonyl (C=O) groups excluding carboxylic acids is 1. The van der Waals surface area contributed by atoms with E-state index in [4.69, 9.17) is 9.47 Å². The third-order valence-corrected chi connectivity index (χ3v) is 7.93. The topological polar surface area (TPSA) is 58.7 Å². The number of hydroxylamine groups is 2. The van der Waals surface area contributed by atoms with Crippen LogP contribution >= 0.6 is 0 Å². The molecule has 1 aliphatic rings. The van der Waals surface area contributed by atoms with Gasteiger partial charge in [0.05, 0.1) is 23.2 Å². The first-order valence-electron chi connectivity index (χ1n) is 14.0. The van der Waals surface area contributed by atoms with Crippen molar-refractivity contribution in [1.29, 1.82) is 0 Å². The number of ether oxygens (including phenoxy) is 2. The van der Waals surface area contributed by atoms with Crippen molar-refractivity contribution < 1.29 is 19.5 Å². The molecule has 0 saturated carbocycles. The Labute approximate surface area is 227 Å². The molecule has 3 aromatic rings. The summed E-state index contributed by atoms with van der Waals surface area (Å²) in [4.78, 5) is 12.4. The Morgan fingerprint density at radius 1 is 0.737 bits per heavy atom. The first-order valence-corrected chi connectivity index (χ1v) is 14.0. The molecule has 3 aromatic carbocycles. The lowest BCUT2D eigenvalue weighted by Gasteiger charge is -2.37.